The van der Waals surface area contributed by atoms with Crippen LogP contribution >= 0.6 is 11.6 Å². The van der Waals surface area contributed by atoms with E-state index in [1.807, 2.05) is 6.07 Å². The second-order valence-electron chi connectivity index (χ2n) is 4.58. The van der Waals surface area contributed by atoms with Crippen LogP contribution in [0.4, 0.5) is 5.69 Å². The Morgan fingerprint density at radius 1 is 1.53 bits per heavy atom. The summed E-state index contributed by atoms with van der Waals surface area (Å²) in [5.74, 6) is 0.393. The van der Waals surface area contributed by atoms with Gasteiger partial charge in [-0.1, -0.05) is 18.5 Å². The van der Waals surface area contributed by atoms with Gasteiger partial charge in [-0.25, -0.2) is 0 Å². The number of nitrogens with two attached hydrogens (primary N) is 1. The molecule has 0 bridgehead atoms. The molecular weight excluding hydrogens is 262 g/mol. The Hall–Kier alpha value is -1.57. The molecule has 1 rings (SSSR count). The maximum absolute atomic E-state index is 11.7. The monoisotopic (exact) mass is 279 g/mol. The van der Waals surface area contributed by atoms with E-state index in [1.165, 1.54) is 0 Å². The Morgan fingerprint density at radius 2 is 2.26 bits per heavy atom. The molecule has 3 N–H and O–H groups in total. The van der Waals surface area contributed by atoms with Crippen molar-refractivity contribution in [3.8, 4) is 6.07 Å². The van der Waals surface area contributed by atoms with Gasteiger partial charge in [0.1, 0.15) is 6.07 Å². The lowest BCUT2D eigenvalue weighted by atomic mass is 10.0. The number of nitrogens with zero attached hydrogens (tertiary/aromatic N) is 1. The lowest BCUT2D eigenvalue weighted by Gasteiger charge is -2.10. The highest BCUT2D eigenvalue weighted by atomic mass is 35.5. The average Bonchev–Trinajstić information content (AvgIpc) is 2.37. The Bertz CT molecular complexity index is 482. The van der Waals surface area contributed by atoms with Crippen molar-refractivity contribution in [2.45, 2.75) is 26.2 Å². The minimum absolute atomic E-state index is 0.0513. The molecule has 0 aliphatic carbocycles. The maximum atomic E-state index is 11.7. The fraction of sp³-hybridized carbons (Fsp3) is 0.429. The van der Waals surface area contributed by atoms with Crippen LogP contribution in [0, 0.1) is 17.2 Å². The molecule has 0 fully saturated rings. The number of amides is 1. The first kappa shape index (κ1) is 15.5. The zero-order valence-corrected chi connectivity index (χ0v) is 11.7. The van der Waals surface area contributed by atoms with Crippen LogP contribution in [0.1, 0.15) is 31.7 Å². The molecule has 1 atom stereocenters. The van der Waals surface area contributed by atoms with Crippen LogP contribution < -0.4 is 11.1 Å². The van der Waals surface area contributed by atoms with E-state index in [2.05, 4.69) is 12.2 Å². The number of halogens is 1. The standard InChI is InChI=1S/C14H18ClN3O/c1-10(6-7-16)2-5-14(19)18-12-4-3-11(9-17)13(15)8-12/h3-4,8,10H,2,5-7,16H2,1H3,(H,18,19). The van der Waals surface area contributed by atoms with E-state index >= 15 is 0 Å². The van der Waals surface area contributed by atoms with Crippen molar-refractivity contribution in [1.29, 1.82) is 5.26 Å². The summed E-state index contributed by atoms with van der Waals surface area (Å²) in [7, 11) is 0. The molecular formula is C14H18ClN3O. The summed E-state index contributed by atoms with van der Waals surface area (Å²) in [4.78, 5) is 11.7. The normalized spacial score (nSPS) is 11.7. The lowest BCUT2D eigenvalue weighted by Crippen LogP contribution is -2.14. The van der Waals surface area contributed by atoms with Crippen molar-refractivity contribution < 1.29 is 4.79 Å². The SMILES string of the molecule is CC(CCN)CCC(=O)Nc1ccc(C#N)c(Cl)c1. The summed E-state index contributed by atoms with van der Waals surface area (Å²) in [5, 5.41) is 11.9. The largest absolute Gasteiger partial charge is 0.330 e. The number of nitrogens with one attached hydrogen (secondary N) is 1. The van der Waals surface area contributed by atoms with Crippen molar-refractivity contribution in [3.63, 3.8) is 0 Å². The van der Waals surface area contributed by atoms with Gasteiger partial charge in [0.15, 0.2) is 0 Å². The third kappa shape index (κ3) is 5.29. The summed E-state index contributed by atoms with van der Waals surface area (Å²) in [6.07, 6.45) is 2.20. The summed E-state index contributed by atoms with van der Waals surface area (Å²) in [6, 6.07) is 6.82. The molecule has 1 unspecified atom stereocenters. The van der Waals surface area contributed by atoms with Crippen molar-refractivity contribution >= 4 is 23.2 Å². The number of rotatable bonds is 6. The van der Waals surface area contributed by atoms with Gasteiger partial charge in [0.05, 0.1) is 10.6 Å². The molecule has 0 spiro atoms. The zero-order chi connectivity index (χ0) is 14.3. The number of carbonyl (C=O) groups is 1. The molecule has 4 nitrogen and oxygen atoms in total. The molecule has 1 aromatic rings. The van der Waals surface area contributed by atoms with Gasteiger partial charge in [-0.2, -0.15) is 5.26 Å². The highest BCUT2D eigenvalue weighted by Gasteiger charge is 2.08. The van der Waals surface area contributed by atoms with E-state index in [9.17, 15) is 4.79 Å². The minimum atomic E-state index is -0.0513. The summed E-state index contributed by atoms with van der Waals surface area (Å²) in [6.45, 7) is 2.73. The minimum Gasteiger partial charge on any atom is -0.330 e. The fourth-order valence-electron chi connectivity index (χ4n) is 1.71. The predicted molar refractivity (Wildman–Crippen MR) is 76.9 cm³/mol. The summed E-state index contributed by atoms with van der Waals surface area (Å²) in [5.41, 5.74) is 6.47. The van der Waals surface area contributed by atoms with E-state index in [0.29, 0.717) is 35.2 Å². The van der Waals surface area contributed by atoms with Crippen molar-refractivity contribution in [2.75, 3.05) is 11.9 Å². The summed E-state index contributed by atoms with van der Waals surface area (Å²) < 4.78 is 0. The smallest absolute Gasteiger partial charge is 0.224 e. The molecule has 5 heteroatoms. The van der Waals surface area contributed by atoms with Crippen LogP contribution in [0.2, 0.25) is 5.02 Å². The Kier molecular flexibility index (Phi) is 6.34. The maximum Gasteiger partial charge on any atom is 0.224 e. The van der Waals surface area contributed by atoms with E-state index < -0.39 is 0 Å². The third-order valence-corrected chi connectivity index (χ3v) is 3.21. The first-order valence-electron chi connectivity index (χ1n) is 6.26. The molecule has 0 radical (unpaired) electrons. The van der Waals surface area contributed by atoms with E-state index in [-0.39, 0.29) is 5.91 Å². The lowest BCUT2D eigenvalue weighted by molar-refractivity contribution is -0.116. The zero-order valence-electron chi connectivity index (χ0n) is 10.9. The van der Waals surface area contributed by atoms with Crippen LogP contribution in [0.3, 0.4) is 0 Å². The van der Waals surface area contributed by atoms with E-state index in [1.54, 1.807) is 18.2 Å². The van der Waals surface area contributed by atoms with Gasteiger partial charge in [0, 0.05) is 12.1 Å². The van der Waals surface area contributed by atoms with Gasteiger partial charge in [-0.15, -0.1) is 0 Å². The molecule has 0 saturated carbocycles. The Morgan fingerprint density at radius 3 is 2.84 bits per heavy atom. The number of hydrogen-bond donors (Lipinski definition) is 2. The van der Waals surface area contributed by atoms with Crippen LogP contribution in [0.5, 0.6) is 0 Å². The quantitative estimate of drug-likeness (QED) is 0.840. The van der Waals surface area contributed by atoms with Gasteiger partial charge in [-0.05, 0) is 43.5 Å². The molecule has 0 heterocycles. The molecule has 102 valence electrons. The van der Waals surface area contributed by atoms with Gasteiger partial charge >= 0.3 is 0 Å². The molecule has 0 aliphatic heterocycles. The molecule has 0 saturated heterocycles. The molecule has 19 heavy (non-hydrogen) atoms. The third-order valence-electron chi connectivity index (χ3n) is 2.90. The molecule has 0 aliphatic rings. The average molecular weight is 280 g/mol. The predicted octanol–water partition coefficient (Wildman–Crippen LogP) is 2.92. The van der Waals surface area contributed by atoms with Gasteiger partial charge in [-0.3, -0.25) is 4.79 Å². The van der Waals surface area contributed by atoms with Crippen LogP contribution in [0.25, 0.3) is 0 Å². The fourth-order valence-corrected chi connectivity index (χ4v) is 1.94. The summed E-state index contributed by atoms with van der Waals surface area (Å²) >= 11 is 5.89. The first-order chi connectivity index (χ1) is 9.06. The van der Waals surface area contributed by atoms with Gasteiger partial charge < -0.3 is 11.1 Å². The van der Waals surface area contributed by atoms with E-state index in [4.69, 9.17) is 22.6 Å². The molecule has 1 aromatic carbocycles. The Labute approximate surface area is 118 Å². The van der Waals surface area contributed by atoms with Crippen LogP contribution in [-0.4, -0.2) is 12.5 Å². The second-order valence-corrected chi connectivity index (χ2v) is 4.98. The number of benzene rings is 1. The number of anilines is 1. The van der Waals surface area contributed by atoms with Crippen LogP contribution in [-0.2, 0) is 4.79 Å². The van der Waals surface area contributed by atoms with Gasteiger partial charge in [0.25, 0.3) is 0 Å². The Balaban J connectivity index is 2.49. The second kappa shape index (κ2) is 7.78. The first-order valence-corrected chi connectivity index (χ1v) is 6.64. The van der Waals surface area contributed by atoms with Gasteiger partial charge in [0.2, 0.25) is 5.91 Å². The van der Waals surface area contributed by atoms with Crippen molar-refractivity contribution in [1.82, 2.24) is 0 Å². The number of carbonyl (C=O) groups excluding carboxylic acids is 1. The highest BCUT2D eigenvalue weighted by Crippen LogP contribution is 2.20. The van der Waals surface area contributed by atoms with Crippen LogP contribution in [0.15, 0.2) is 18.2 Å². The molecule has 1 amide bonds. The highest BCUT2D eigenvalue weighted by molar-refractivity contribution is 6.32. The number of nitriles is 1. The van der Waals surface area contributed by atoms with Crippen molar-refractivity contribution in [3.05, 3.63) is 28.8 Å². The van der Waals surface area contributed by atoms with Crippen molar-refractivity contribution in [2.24, 2.45) is 11.7 Å². The molecule has 0 aromatic heterocycles. The number of hydrogen-bond acceptors (Lipinski definition) is 3. The van der Waals surface area contributed by atoms with E-state index in [0.717, 1.165) is 12.8 Å². The topological polar surface area (TPSA) is 78.9 Å².